The van der Waals surface area contributed by atoms with Gasteiger partial charge in [-0.3, -0.25) is 4.90 Å². The average molecular weight is 431 g/mol. The minimum atomic E-state index is -4.08. The monoisotopic (exact) mass is 430 g/mol. The molecular formula is C22H26N2O5S. The van der Waals surface area contributed by atoms with Crippen molar-refractivity contribution in [3.63, 3.8) is 0 Å². The van der Waals surface area contributed by atoms with Crippen molar-refractivity contribution in [1.29, 1.82) is 0 Å². The fourth-order valence-electron chi connectivity index (χ4n) is 4.28. The molecule has 2 aromatic rings. The molecule has 2 aliphatic rings. The van der Waals surface area contributed by atoms with Gasteiger partial charge in [-0.1, -0.05) is 31.4 Å². The maximum Gasteiger partial charge on any atom is 0.343 e. The molecule has 2 aromatic carbocycles. The first kappa shape index (κ1) is 20.5. The van der Waals surface area contributed by atoms with Crippen LogP contribution in [0, 0.1) is 5.92 Å². The van der Waals surface area contributed by atoms with Gasteiger partial charge in [0.1, 0.15) is 16.4 Å². The van der Waals surface area contributed by atoms with Gasteiger partial charge in [-0.05, 0) is 30.9 Å². The Bertz CT molecular complexity index is 1020. The summed E-state index contributed by atoms with van der Waals surface area (Å²) in [6.07, 6.45) is 5.59. The number of methoxy groups -OCH3 is 2. The summed E-state index contributed by atoms with van der Waals surface area (Å²) in [4.78, 5) is 15.3. The van der Waals surface area contributed by atoms with Crippen molar-refractivity contribution >= 4 is 27.4 Å². The van der Waals surface area contributed by atoms with Crippen LogP contribution in [0.5, 0.6) is 11.5 Å². The molecule has 0 unspecified atom stereocenters. The highest BCUT2D eigenvalue weighted by Crippen LogP contribution is 2.40. The van der Waals surface area contributed by atoms with Crippen LogP contribution in [-0.2, 0) is 10.0 Å². The summed E-state index contributed by atoms with van der Waals surface area (Å²) in [6, 6.07) is 10.8. The number of fused-ring (bicyclic) bond motifs is 1. The molecule has 160 valence electrons. The Kier molecular flexibility index (Phi) is 5.60. The van der Waals surface area contributed by atoms with Gasteiger partial charge in [-0.2, -0.15) is 4.31 Å². The van der Waals surface area contributed by atoms with E-state index in [4.69, 9.17) is 9.47 Å². The number of anilines is 2. The summed E-state index contributed by atoms with van der Waals surface area (Å²) in [7, 11) is -1.11. The second-order valence-corrected chi connectivity index (χ2v) is 9.46. The van der Waals surface area contributed by atoms with Crippen LogP contribution in [0.15, 0.2) is 47.4 Å². The summed E-state index contributed by atoms with van der Waals surface area (Å²) in [5.41, 5.74) is 0.638. The summed E-state index contributed by atoms with van der Waals surface area (Å²) in [5, 5.41) is 0. The molecule has 0 radical (unpaired) electrons. The van der Waals surface area contributed by atoms with Crippen molar-refractivity contribution in [1.82, 2.24) is 0 Å². The van der Waals surface area contributed by atoms with Gasteiger partial charge in [0.2, 0.25) is 0 Å². The summed E-state index contributed by atoms with van der Waals surface area (Å²) >= 11 is 0. The van der Waals surface area contributed by atoms with Gasteiger partial charge in [0.15, 0.2) is 0 Å². The highest BCUT2D eigenvalue weighted by molar-refractivity contribution is 7.94. The molecule has 1 aliphatic heterocycles. The summed E-state index contributed by atoms with van der Waals surface area (Å²) in [6.45, 7) is 0.503. The van der Waals surface area contributed by atoms with Gasteiger partial charge >= 0.3 is 6.03 Å². The van der Waals surface area contributed by atoms with Crippen LogP contribution in [-0.4, -0.2) is 35.2 Å². The number of nitrogens with zero attached hydrogens (tertiary/aromatic N) is 2. The number of benzene rings is 2. The molecule has 1 fully saturated rings. The molecule has 8 heteroatoms. The third-order valence-electron chi connectivity index (χ3n) is 5.82. The number of urea groups is 1. The number of rotatable bonds is 5. The second-order valence-electron chi connectivity index (χ2n) is 7.71. The van der Waals surface area contributed by atoms with E-state index in [1.54, 1.807) is 35.2 Å². The molecule has 0 spiro atoms. The van der Waals surface area contributed by atoms with Crippen molar-refractivity contribution in [2.45, 2.75) is 37.0 Å². The molecule has 2 amide bonds. The molecule has 0 aromatic heterocycles. The SMILES string of the molecule is COc1cc(OC)cc(N2C(=O)N(CC3CCCCC3)c3ccccc3S2(=O)=O)c1. The minimum absolute atomic E-state index is 0.127. The first-order valence-electron chi connectivity index (χ1n) is 10.1. The van der Waals surface area contributed by atoms with Crippen LogP contribution in [0.4, 0.5) is 16.2 Å². The number of hydrogen-bond acceptors (Lipinski definition) is 5. The highest BCUT2D eigenvalue weighted by atomic mass is 32.2. The number of hydrogen-bond donors (Lipinski definition) is 0. The normalized spacial score (nSPS) is 18.8. The van der Waals surface area contributed by atoms with Gasteiger partial charge in [-0.25, -0.2) is 13.2 Å². The van der Waals surface area contributed by atoms with Gasteiger partial charge < -0.3 is 9.47 Å². The Balaban J connectivity index is 1.82. The van der Waals surface area contributed by atoms with Crippen molar-refractivity contribution in [3.05, 3.63) is 42.5 Å². The number of para-hydroxylation sites is 1. The van der Waals surface area contributed by atoms with E-state index in [-0.39, 0.29) is 10.6 Å². The van der Waals surface area contributed by atoms with E-state index >= 15 is 0 Å². The van der Waals surface area contributed by atoms with Crippen LogP contribution < -0.4 is 18.7 Å². The van der Waals surface area contributed by atoms with Crippen molar-refractivity contribution in [2.24, 2.45) is 5.92 Å². The van der Waals surface area contributed by atoms with Gasteiger partial charge in [0.25, 0.3) is 10.0 Å². The zero-order chi connectivity index (χ0) is 21.3. The van der Waals surface area contributed by atoms with E-state index in [1.807, 2.05) is 0 Å². The third kappa shape index (κ3) is 3.60. The third-order valence-corrected chi connectivity index (χ3v) is 7.56. The van der Waals surface area contributed by atoms with E-state index in [0.29, 0.717) is 29.6 Å². The lowest BCUT2D eigenvalue weighted by atomic mass is 9.89. The summed E-state index contributed by atoms with van der Waals surface area (Å²) in [5.74, 6) is 1.17. The van der Waals surface area contributed by atoms with Gasteiger partial charge in [0.05, 0.1) is 25.6 Å². The fraction of sp³-hybridized carbons (Fsp3) is 0.409. The minimum Gasteiger partial charge on any atom is -0.497 e. The standard InChI is InChI=1S/C22H26N2O5S/c1-28-18-12-17(13-19(14-18)29-2)24-22(25)23(15-16-8-4-3-5-9-16)20-10-6-7-11-21(20)30(24,26)27/h6-7,10-14,16H,3-5,8-9,15H2,1-2H3. The predicted molar refractivity (Wildman–Crippen MR) is 115 cm³/mol. The average Bonchev–Trinajstić information content (AvgIpc) is 2.77. The van der Waals surface area contributed by atoms with E-state index in [1.165, 1.54) is 32.8 Å². The lowest BCUT2D eigenvalue weighted by Crippen LogP contribution is -2.52. The van der Waals surface area contributed by atoms with Crippen LogP contribution in [0.25, 0.3) is 0 Å². The van der Waals surface area contributed by atoms with Crippen LogP contribution in [0.2, 0.25) is 0 Å². The van der Waals surface area contributed by atoms with Crippen LogP contribution in [0.3, 0.4) is 0 Å². The maximum absolute atomic E-state index is 13.6. The van der Waals surface area contributed by atoms with E-state index < -0.39 is 16.1 Å². The molecule has 0 bridgehead atoms. The fourth-order valence-corrected chi connectivity index (χ4v) is 5.85. The van der Waals surface area contributed by atoms with Crippen molar-refractivity contribution in [2.75, 3.05) is 30.0 Å². The van der Waals surface area contributed by atoms with E-state index in [9.17, 15) is 13.2 Å². The molecule has 1 saturated carbocycles. The quantitative estimate of drug-likeness (QED) is 0.702. The Labute approximate surface area is 177 Å². The molecule has 1 aliphatic carbocycles. The molecule has 30 heavy (non-hydrogen) atoms. The molecule has 0 N–H and O–H groups in total. The van der Waals surface area contributed by atoms with Gasteiger partial charge in [-0.15, -0.1) is 0 Å². The molecular weight excluding hydrogens is 404 g/mol. The van der Waals surface area contributed by atoms with Crippen LogP contribution in [0.1, 0.15) is 32.1 Å². The molecule has 0 saturated heterocycles. The Morgan fingerprint density at radius 1 is 0.967 bits per heavy atom. The van der Waals surface area contributed by atoms with E-state index in [2.05, 4.69) is 0 Å². The zero-order valence-corrected chi connectivity index (χ0v) is 18.0. The molecule has 4 rings (SSSR count). The predicted octanol–water partition coefficient (Wildman–Crippen LogP) is 4.42. The lowest BCUT2D eigenvalue weighted by molar-refractivity contribution is 0.250. The van der Waals surface area contributed by atoms with Crippen molar-refractivity contribution < 1.29 is 22.7 Å². The smallest absolute Gasteiger partial charge is 0.343 e. The summed E-state index contributed by atoms with van der Waals surface area (Å²) < 4.78 is 38.3. The van der Waals surface area contributed by atoms with Crippen molar-refractivity contribution in [3.8, 4) is 11.5 Å². The second kappa shape index (κ2) is 8.18. The number of ether oxygens (including phenoxy) is 2. The molecule has 0 atom stereocenters. The molecule has 7 nitrogen and oxygen atoms in total. The number of carbonyl (C=O) groups is 1. The Morgan fingerprint density at radius 3 is 2.23 bits per heavy atom. The Hall–Kier alpha value is -2.74. The number of sulfonamides is 1. The van der Waals surface area contributed by atoms with Crippen LogP contribution >= 0.6 is 0 Å². The maximum atomic E-state index is 13.6. The Morgan fingerprint density at radius 2 is 1.60 bits per heavy atom. The first-order valence-corrected chi connectivity index (χ1v) is 11.6. The largest absolute Gasteiger partial charge is 0.497 e. The topological polar surface area (TPSA) is 76.2 Å². The number of carbonyl (C=O) groups excluding carboxylic acids is 1. The number of amides is 2. The first-order chi connectivity index (χ1) is 14.5. The van der Waals surface area contributed by atoms with Gasteiger partial charge in [0, 0.05) is 24.7 Å². The highest BCUT2D eigenvalue weighted by Gasteiger charge is 2.43. The molecule has 1 heterocycles. The van der Waals surface area contributed by atoms with E-state index in [0.717, 1.165) is 30.0 Å². The zero-order valence-electron chi connectivity index (χ0n) is 17.2. The lowest BCUT2D eigenvalue weighted by Gasteiger charge is -2.38.